The summed E-state index contributed by atoms with van der Waals surface area (Å²) in [5.41, 5.74) is 6.31. The van der Waals surface area contributed by atoms with Crippen molar-refractivity contribution in [3.63, 3.8) is 0 Å². The Labute approximate surface area is 95.8 Å². The lowest BCUT2D eigenvalue weighted by Crippen LogP contribution is -2.29. The highest BCUT2D eigenvalue weighted by molar-refractivity contribution is 5.88. The molecule has 16 heavy (non-hydrogen) atoms. The lowest BCUT2D eigenvalue weighted by Gasteiger charge is -2.31. The summed E-state index contributed by atoms with van der Waals surface area (Å²) in [4.78, 5) is 11.9. The molecule has 4 rings (SSSR count). The third-order valence-corrected chi connectivity index (χ3v) is 4.82. The number of hydrogen-bond acceptors (Lipinski definition) is 2. The molecule has 0 radical (unpaired) electrons. The first-order chi connectivity index (χ1) is 7.84. The number of hydrogen-bond donors (Lipinski definition) is 1. The summed E-state index contributed by atoms with van der Waals surface area (Å²) in [6.07, 6.45) is 6.74. The summed E-state index contributed by atoms with van der Waals surface area (Å²) in [5.74, 6) is 0.787. The largest absolute Gasteiger partial charge is 0.306 e. The molecule has 2 saturated carbocycles. The maximum atomic E-state index is 11.9. The molecule has 4 aliphatic rings. The van der Waals surface area contributed by atoms with Crippen molar-refractivity contribution < 1.29 is 4.79 Å². The third-order valence-electron chi connectivity index (χ3n) is 4.82. The highest BCUT2D eigenvalue weighted by atomic mass is 16.1. The molecule has 0 aromatic rings. The van der Waals surface area contributed by atoms with E-state index in [1.165, 1.54) is 24.8 Å². The molecule has 0 aromatic heterocycles. The average Bonchev–Trinajstić information content (AvgIpc) is 2.87. The highest BCUT2D eigenvalue weighted by Crippen LogP contribution is 2.48. The number of Topliss-reactive ketones (excluding diaryl/α,β-unsaturated/α-hetero) is 1. The van der Waals surface area contributed by atoms with Gasteiger partial charge in [-0.3, -0.25) is 4.79 Å². The van der Waals surface area contributed by atoms with Crippen molar-refractivity contribution in [2.75, 3.05) is 6.54 Å². The van der Waals surface area contributed by atoms with Gasteiger partial charge in [0.05, 0.1) is 0 Å². The fourth-order valence-electron chi connectivity index (χ4n) is 4.14. The standard InChI is InChI=1S/C14H17NO/c16-13-5-4-9-10-2-1-3-12-14(10)8(7-15-12)6-11(9)13/h11-12,15H,1-7H2. The van der Waals surface area contributed by atoms with Crippen molar-refractivity contribution in [3.8, 4) is 0 Å². The van der Waals surface area contributed by atoms with Crippen molar-refractivity contribution in [2.24, 2.45) is 5.92 Å². The molecule has 0 amide bonds. The fraction of sp³-hybridized carbons (Fsp3) is 0.643. The van der Waals surface area contributed by atoms with Gasteiger partial charge in [0, 0.05) is 24.9 Å². The van der Waals surface area contributed by atoms with Crippen LogP contribution in [0.3, 0.4) is 0 Å². The van der Waals surface area contributed by atoms with E-state index in [9.17, 15) is 4.79 Å². The number of rotatable bonds is 0. The second-order valence-corrected chi connectivity index (χ2v) is 5.57. The monoisotopic (exact) mass is 215 g/mol. The normalized spacial score (nSPS) is 36.9. The van der Waals surface area contributed by atoms with E-state index in [0.717, 1.165) is 25.8 Å². The van der Waals surface area contributed by atoms with Crippen molar-refractivity contribution in [2.45, 2.75) is 44.6 Å². The zero-order chi connectivity index (χ0) is 10.7. The topological polar surface area (TPSA) is 29.1 Å². The lowest BCUT2D eigenvalue weighted by molar-refractivity contribution is -0.120. The summed E-state index contributed by atoms with van der Waals surface area (Å²) in [7, 11) is 0. The van der Waals surface area contributed by atoms with Gasteiger partial charge in [0.15, 0.2) is 0 Å². The molecule has 0 bridgehead atoms. The van der Waals surface area contributed by atoms with Crippen LogP contribution in [-0.4, -0.2) is 18.4 Å². The van der Waals surface area contributed by atoms with Crippen molar-refractivity contribution in [1.82, 2.24) is 5.32 Å². The first-order valence-corrected chi connectivity index (χ1v) is 6.55. The predicted octanol–water partition coefficient (Wildman–Crippen LogP) is 2.12. The van der Waals surface area contributed by atoms with Gasteiger partial charge in [0.25, 0.3) is 0 Å². The molecule has 1 heterocycles. The van der Waals surface area contributed by atoms with Crippen LogP contribution >= 0.6 is 0 Å². The zero-order valence-electron chi connectivity index (χ0n) is 9.51. The molecule has 2 atom stereocenters. The minimum absolute atomic E-state index is 0.285. The molecule has 2 nitrogen and oxygen atoms in total. The number of allylic oxidation sites excluding steroid dienone is 1. The summed E-state index contributed by atoms with van der Waals surface area (Å²) in [6, 6.07) is 0.628. The second-order valence-electron chi connectivity index (χ2n) is 5.57. The predicted molar refractivity (Wildman–Crippen MR) is 62.0 cm³/mol. The number of nitrogens with one attached hydrogen (secondary N) is 1. The van der Waals surface area contributed by atoms with Crippen LogP contribution in [0.1, 0.15) is 38.5 Å². The Hall–Kier alpha value is -0.890. The van der Waals surface area contributed by atoms with Crippen LogP contribution < -0.4 is 5.32 Å². The van der Waals surface area contributed by atoms with Crippen LogP contribution in [0.2, 0.25) is 0 Å². The number of carbonyl (C=O) groups excluding carboxylic acids is 1. The van der Waals surface area contributed by atoms with Crippen LogP contribution in [0.5, 0.6) is 0 Å². The Morgan fingerprint density at radius 2 is 2.12 bits per heavy atom. The SMILES string of the molecule is O=C1CCC2=C3CCCC4NCC(=C34)CC12. The van der Waals surface area contributed by atoms with Crippen LogP contribution in [0, 0.1) is 5.92 Å². The maximum absolute atomic E-state index is 11.9. The van der Waals surface area contributed by atoms with Gasteiger partial charge < -0.3 is 5.32 Å². The number of fused-ring (bicyclic) bond motifs is 1. The van der Waals surface area contributed by atoms with E-state index < -0.39 is 0 Å². The highest BCUT2D eigenvalue weighted by Gasteiger charge is 2.42. The first-order valence-electron chi connectivity index (χ1n) is 6.55. The van der Waals surface area contributed by atoms with Gasteiger partial charge in [-0.2, -0.15) is 0 Å². The van der Waals surface area contributed by atoms with E-state index >= 15 is 0 Å². The van der Waals surface area contributed by atoms with Gasteiger partial charge in [0.1, 0.15) is 5.78 Å². The number of carbonyl (C=O) groups is 1. The van der Waals surface area contributed by atoms with Crippen LogP contribution in [0.4, 0.5) is 0 Å². The smallest absolute Gasteiger partial charge is 0.140 e. The molecule has 2 fully saturated rings. The molecular formula is C14H17NO. The molecule has 0 spiro atoms. The first kappa shape index (κ1) is 9.17. The summed E-state index contributed by atoms with van der Waals surface area (Å²) >= 11 is 0. The molecule has 1 aliphatic heterocycles. The molecule has 84 valence electrons. The van der Waals surface area contributed by atoms with E-state index in [1.54, 1.807) is 16.7 Å². The molecule has 2 unspecified atom stereocenters. The van der Waals surface area contributed by atoms with E-state index in [4.69, 9.17) is 0 Å². The molecule has 0 aromatic carbocycles. The Morgan fingerprint density at radius 3 is 3.06 bits per heavy atom. The quantitative estimate of drug-likeness (QED) is 0.670. The van der Waals surface area contributed by atoms with E-state index in [0.29, 0.717) is 11.8 Å². The number of ketones is 1. The van der Waals surface area contributed by atoms with Crippen molar-refractivity contribution in [3.05, 3.63) is 22.3 Å². The Kier molecular flexibility index (Phi) is 1.76. The Bertz CT molecular complexity index is 444. The van der Waals surface area contributed by atoms with Gasteiger partial charge in [-0.05, 0) is 43.3 Å². The Balaban J connectivity index is 1.87. The minimum atomic E-state index is 0.285. The second kappa shape index (κ2) is 3.07. The Morgan fingerprint density at radius 1 is 1.19 bits per heavy atom. The van der Waals surface area contributed by atoms with Crippen LogP contribution in [0.15, 0.2) is 22.3 Å². The minimum Gasteiger partial charge on any atom is -0.306 e. The lowest BCUT2D eigenvalue weighted by atomic mass is 9.74. The van der Waals surface area contributed by atoms with Crippen LogP contribution in [-0.2, 0) is 4.79 Å². The van der Waals surface area contributed by atoms with Crippen molar-refractivity contribution in [1.29, 1.82) is 0 Å². The van der Waals surface area contributed by atoms with E-state index in [2.05, 4.69) is 5.32 Å². The van der Waals surface area contributed by atoms with Gasteiger partial charge >= 0.3 is 0 Å². The molecule has 2 heteroatoms. The van der Waals surface area contributed by atoms with E-state index in [1.807, 2.05) is 0 Å². The van der Waals surface area contributed by atoms with Crippen LogP contribution in [0.25, 0.3) is 0 Å². The molecule has 1 N–H and O–H groups in total. The fourth-order valence-corrected chi connectivity index (χ4v) is 4.14. The maximum Gasteiger partial charge on any atom is 0.140 e. The van der Waals surface area contributed by atoms with E-state index in [-0.39, 0.29) is 5.92 Å². The van der Waals surface area contributed by atoms with Gasteiger partial charge in [-0.25, -0.2) is 0 Å². The summed E-state index contributed by atoms with van der Waals surface area (Å²) in [5, 5.41) is 3.61. The molecular weight excluding hydrogens is 198 g/mol. The third kappa shape index (κ3) is 1.03. The molecule has 3 aliphatic carbocycles. The average molecular weight is 215 g/mol. The van der Waals surface area contributed by atoms with Gasteiger partial charge in [0.2, 0.25) is 0 Å². The van der Waals surface area contributed by atoms with Gasteiger partial charge in [-0.1, -0.05) is 11.1 Å². The molecule has 0 saturated heterocycles. The summed E-state index contributed by atoms with van der Waals surface area (Å²) in [6.45, 7) is 1.04. The summed E-state index contributed by atoms with van der Waals surface area (Å²) < 4.78 is 0. The van der Waals surface area contributed by atoms with Crippen molar-refractivity contribution >= 4 is 5.78 Å². The zero-order valence-corrected chi connectivity index (χ0v) is 9.51. The van der Waals surface area contributed by atoms with Gasteiger partial charge in [-0.15, -0.1) is 0 Å².